The van der Waals surface area contributed by atoms with Crippen LogP contribution in [0.1, 0.15) is 33.4 Å². The first-order valence-electron chi connectivity index (χ1n) is 8.51. The number of nitrogens with two attached hydrogens (primary N) is 1. The van der Waals surface area contributed by atoms with E-state index in [1.54, 1.807) is 39.8 Å². The molecule has 0 unspecified atom stereocenters. The van der Waals surface area contributed by atoms with Crippen LogP contribution in [-0.4, -0.2) is 61.5 Å². The fourth-order valence-corrected chi connectivity index (χ4v) is 3.09. The number of rotatable bonds is 3. The molecule has 2 aromatic rings. The van der Waals surface area contributed by atoms with Crippen LogP contribution in [0.3, 0.4) is 0 Å². The Morgan fingerprint density at radius 2 is 2.11 bits per heavy atom. The van der Waals surface area contributed by atoms with Crippen LogP contribution in [0.2, 0.25) is 0 Å². The minimum absolute atomic E-state index is 0.275. The molecule has 1 aliphatic rings. The zero-order chi connectivity index (χ0) is 20.0. The van der Waals surface area contributed by atoms with Gasteiger partial charge in [0.25, 0.3) is 0 Å². The molecule has 4 N–H and O–H groups in total. The van der Waals surface area contributed by atoms with Crippen molar-refractivity contribution >= 4 is 17.5 Å². The predicted octanol–water partition coefficient (Wildman–Crippen LogP) is 0.599. The van der Waals surface area contributed by atoms with Crippen LogP contribution in [0.25, 0.3) is 5.52 Å². The van der Waals surface area contributed by atoms with E-state index in [0.717, 1.165) is 0 Å². The van der Waals surface area contributed by atoms with Crippen molar-refractivity contribution in [2.45, 2.75) is 57.2 Å². The summed E-state index contributed by atoms with van der Waals surface area (Å²) in [7, 11) is 0. The van der Waals surface area contributed by atoms with Gasteiger partial charge in [-0.25, -0.2) is 14.3 Å². The fraction of sp³-hybridized carbons (Fsp3) is 0.588. The minimum atomic E-state index is -1.30. The number of ether oxygens (including phenoxy) is 3. The number of nitrogen functional groups attached to an aromatic ring is 1. The highest BCUT2D eigenvalue weighted by atomic mass is 16.7. The van der Waals surface area contributed by atoms with Crippen molar-refractivity contribution in [1.82, 2.24) is 14.6 Å². The molecule has 4 atom stereocenters. The highest BCUT2D eigenvalue weighted by molar-refractivity contribution is 5.65. The van der Waals surface area contributed by atoms with Crippen LogP contribution >= 0.6 is 0 Å². The molecular formula is C17H24N4O6. The topological polar surface area (TPSA) is 141 Å². The van der Waals surface area contributed by atoms with Gasteiger partial charge in [0, 0.05) is 0 Å². The fourth-order valence-electron chi connectivity index (χ4n) is 3.09. The number of anilines is 1. The van der Waals surface area contributed by atoms with Crippen LogP contribution in [0.4, 0.5) is 10.6 Å². The lowest BCUT2D eigenvalue weighted by molar-refractivity contribution is -0.0975. The molecule has 1 saturated heterocycles. The first-order valence-corrected chi connectivity index (χ1v) is 8.51. The number of aromatic nitrogens is 3. The lowest BCUT2D eigenvalue weighted by atomic mass is 9.93. The summed E-state index contributed by atoms with van der Waals surface area (Å²) in [5.74, 6) is 0.276. The Labute approximate surface area is 155 Å². The summed E-state index contributed by atoms with van der Waals surface area (Å²) in [4.78, 5) is 15.6. The van der Waals surface area contributed by atoms with Crippen molar-refractivity contribution in [3.05, 3.63) is 24.2 Å². The molecule has 0 aliphatic carbocycles. The lowest BCUT2D eigenvalue weighted by Crippen LogP contribution is -2.39. The Balaban J connectivity index is 1.79. The van der Waals surface area contributed by atoms with Crippen molar-refractivity contribution in [1.29, 1.82) is 0 Å². The van der Waals surface area contributed by atoms with E-state index in [-0.39, 0.29) is 12.4 Å². The highest BCUT2D eigenvalue weighted by Crippen LogP contribution is 2.40. The number of hydrogen-bond donors (Lipinski definition) is 3. The third-order valence-electron chi connectivity index (χ3n) is 4.41. The van der Waals surface area contributed by atoms with Gasteiger partial charge < -0.3 is 30.2 Å². The number of nitrogens with zero attached hydrogens (tertiary/aromatic N) is 3. The molecule has 1 fully saturated rings. The van der Waals surface area contributed by atoms with Crippen molar-refractivity contribution in [3.63, 3.8) is 0 Å². The van der Waals surface area contributed by atoms with Gasteiger partial charge in [-0.2, -0.15) is 5.10 Å². The Morgan fingerprint density at radius 3 is 2.78 bits per heavy atom. The molecule has 3 rings (SSSR count). The van der Waals surface area contributed by atoms with E-state index >= 15 is 0 Å². The van der Waals surface area contributed by atoms with Crippen LogP contribution in [0.5, 0.6) is 0 Å². The molecule has 0 radical (unpaired) electrons. The van der Waals surface area contributed by atoms with Crippen LogP contribution in [-0.2, 0) is 19.8 Å². The van der Waals surface area contributed by atoms with Gasteiger partial charge in [0.05, 0.1) is 5.69 Å². The van der Waals surface area contributed by atoms with E-state index < -0.39 is 35.7 Å². The molecular weight excluding hydrogens is 356 g/mol. The predicted molar refractivity (Wildman–Crippen MR) is 93.8 cm³/mol. The standard InChI is InChI=1S/C17H24N4O6/c1-16(2,3)27-15(24)25-7-10-12(22)13(23)17(4,26-10)11-6-5-9-14(18)19-8-20-21(9)11/h5-6,8,10,12-13,22-23H,7H2,1-4H3,(H2,18,19,20)/t10-,12-,13-,17+/m1/s1. The normalized spacial score (nSPS) is 28.4. The Morgan fingerprint density at radius 1 is 1.41 bits per heavy atom. The average Bonchev–Trinajstić information content (AvgIpc) is 3.09. The largest absolute Gasteiger partial charge is 0.508 e. The van der Waals surface area contributed by atoms with E-state index in [1.807, 2.05) is 0 Å². The van der Waals surface area contributed by atoms with Crippen molar-refractivity contribution in [2.24, 2.45) is 0 Å². The molecule has 1 aliphatic heterocycles. The van der Waals surface area contributed by atoms with Gasteiger partial charge in [0.1, 0.15) is 48.0 Å². The molecule has 10 nitrogen and oxygen atoms in total. The number of hydrogen-bond acceptors (Lipinski definition) is 9. The van der Waals surface area contributed by atoms with Gasteiger partial charge in [-0.05, 0) is 39.8 Å². The van der Waals surface area contributed by atoms with E-state index in [0.29, 0.717) is 11.2 Å². The van der Waals surface area contributed by atoms with Gasteiger partial charge in [-0.3, -0.25) is 0 Å². The second kappa shape index (κ2) is 6.63. The maximum atomic E-state index is 11.7. The maximum absolute atomic E-state index is 11.7. The molecule has 3 heterocycles. The first-order chi connectivity index (χ1) is 12.5. The molecule has 0 saturated carbocycles. The zero-order valence-electron chi connectivity index (χ0n) is 15.6. The molecule has 27 heavy (non-hydrogen) atoms. The maximum Gasteiger partial charge on any atom is 0.508 e. The second-order valence-corrected chi connectivity index (χ2v) is 7.64. The molecule has 0 spiro atoms. The van der Waals surface area contributed by atoms with Gasteiger partial charge in [0.15, 0.2) is 5.82 Å². The number of aliphatic hydroxyl groups is 2. The number of carbonyl (C=O) groups is 1. The quantitative estimate of drug-likeness (QED) is 0.652. The Bertz CT molecular complexity index is 848. The summed E-state index contributed by atoms with van der Waals surface area (Å²) in [5.41, 5.74) is 4.87. The van der Waals surface area contributed by atoms with Crippen molar-refractivity contribution < 1.29 is 29.2 Å². The smallest absolute Gasteiger partial charge is 0.431 e. The van der Waals surface area contributed by atoms with Crippen LogP contribution in [0.15, 0.2) is 18.5 Å². The Hall–Kier alpha value is -2.43. The molecule has 148 valence electrons. The summed E-state index contributed by atoms with van der Waals surface area (Å²) in [6.45, 7) is 6.47. The molecule has 0 amide bonds. The van der Waals surface area contributed by atoms with E-state index in [9.17, 15) is 15.0 Å². The first kappa shape index (κ1) is 19.3. The van der Waals surface area contributed by atoms with Crippen LogP contribution < -0.4 is 5.73 Å². The Kier molecular flexibility index (Phi) is 4.74. The highest BCUT2D eigenvalue weighted by Gasteiger charge is 2.54. The average molecular weight is 380 g/mol. The van der Waals surface area contributed by atoms with Gasteiger partial charge in [-0.15, -0.1) is 0 Å². The monoisotopic (exact) mass is 380 g/mol. The molecule has 0 aromatic carbocycles. The van der Waals surface area contributed by atoms with Crippen molar-refractivity contribution in [2.75, 3.05) is 12.3 Å². The van der Waals surface area contributed by atoms with Gasteiger partial charge in [-0.1, -0.05) is 0 Å². The third kappa shape index (κ3) is 3.55. The number of carbonyl (C=O) groups excluding carboxylic acids is 1. The number of aliphatic hydroxyl groups excluding tert-OH is 2. The minimum Gasteiger partial charge on any atom is -0.431 e. The summed E-state index contributed by atoms with van der Waals surface area (Å²) in [5, 5.41) is 25.1. The van der Waals surface area contributed by atoms with Crippen molar-refractivity contribution in [3.8, 4) is 0 Å². The number of fused-ring (bicyclic) bond motifs is 1. The summed E-state index contributed by atoms with van der Waals surface area (Å²) in [6, 6.07) is 3.39. The molecule has 2 aromatic heterocycles. The summed E-state index contributed by atoms with van der Waals surface area (Å²) < 4.78 is 17.5. The SMILES string of the molecule is CC(C)(C)OC(=O)OC[C@H]1O[C@@](C)(c2ccc3c(N)ncnn23)[C@H](O)[C@@H]1O. The van der Waals surface area contributed by atoms with Crippen LogP contribution in [0, 0.1) is 0 Å². The van der Waals surface area contributed by atoms with Gasteiger partial charge >= 0.3 is 6.16 Å². The summed E-state index contributed by atoms with van der Waals surface area (Å²) >= 11 is 0. The van der Waals surface area contributed by atoms with E-state index in [1.165, 1.54) is 10.8 Å². The third-order valence-corrected chi connectivity index (χ3v) is 4.41. The summed E-state index contributed by atoms with van der Waals surface area (Å²) in [6.07, 6.45) is -3.09. The van der Waals surface area contributed by atoms with Gasteiger partial charge in [0.2, 0.25) is 0 Å². The van der Waals surface area contributed by atoms with E-state index in [2.05, 4.69) is 10.1 Å². The molecule has 0 bridgehead atoms. The molecule has 10 heteroatoms. The zero-order valence-corrected chi connectivity index (χ0v) is 15.6. The lowest BCUT2D eigenvalue weighted by Gasteiger charge is -2.27. The second-order valence-electron chi connectivity index (χ2n) is 7.64. The van der Waals surface area contributed by atoms with E-state index in [4.69, 9.17) is 19.9 Å².